The molecule has 1 aliphatic rings. The molecule has 0 heterocycles. The minimum absolute atomic E-state index is 0.0503. The van der Waals surface area contributed by atoms with Crippen LogP contribution in [-0.2, 0) is 11.2 Å². The van der Waals surface area contributed by atoms with Crippen molar-refractivity contribution in [3.05, 3.63) is 35.6 Å². The van der Waals surface area contributed by atoms with Gasteiger partial charge in [-0.25, -0.2) is 4.39 Å². The Hall–Kier alpha value is -1.42. The number of carbonyl (C=O) groups excluding carboxylic acids is 1. The van der Waals surface area contributed by atoms with Crippen molar-refractivity contribution in [3.63, 3.8) is 0 Å². The zero-order valence-electron chi connectivity index (χ0n) is 8.82. The number of aliphatic hydroxyl groups excluding tert-OH is 1. The van der Waals surface area contributed by atoms with Gasteiger partial charge in [-0.2, -0.15) is 0 Å². The Morgan fingerprint density at radius 3 is 2.75 bits per heavy atom. The van der Waals surface area contributed by atoms with Crippen molar-refractivity contribution in [1.82, 2.24) is 5.32 Å². The van der Waals surface area contributed by atoms with E-state index in [0.717, 1.165) is 0 Å². The number of hydrogen-bond acceptors (Lipinski definition) is 2. The molecule has 0 atom stereocenters. The van der Waals surface area contributed by atoms with E-state index >= 15 is 0 Å². The molecule has 2 rings (SSSR count). The fourth-order valence-electron chi connectivity index (χ4n) is 1.80. The number of rotatable bonds is 3. The van der Waals surface area contributed by atoms with Crippen LogP contribution in [-0.4, -0.2) is 23.2 Å². The maximum absolute atomic E-state index is 13.2. The second-order valence-corrected chi connectivity index (χ2v) is 4.16. The Bertz CT molecular complexity index is 388. The lowest BCUT2D eigenvalue weighted by atomic mass is 9.89. The summed E-state index contributed by atoms with van der Waals surface area (Å²) in [5.74, 6) is -0.548. The van der Waals surface area contributed by atoms with Crippen LogP contribution in [0.15, 0.2) is 24.3 Å². The van der Waals surface area contributed by atoms with Crippen LogP contribution in [0.4, 0.5) is 4.39 Å². The summed E-state index contributed by atoms with van der Waals surface area (Å²) in [4.78, 5) is 11.5. The normalized spacial score (nSPS) is 23.6. The largest absolute Gasteiger partial charge is 0.393 e. The number of carbonyl (C=O) groups is 1. The van der Waals surface area contributed by atoms with Gasteiger partial charge in [0.1, 0.15) is 5.82 Å². The van der Waals surface area contributed by atoms with E-state index in [4.69, 9.17) is 5.11 Å². The lowest BCUT2D eigenvalue weighted by Gasteiger charge is -2.31. The third-order valence-electron chi connectivity index (χ3n) is 2.79. The van der Waals surface area contributed by atoms with Crippen LogP contribution in [0.3, 0.4) is 0 Å². The number of amides is 1. The molecule has 4 heteroatoms. The van der Waals surface area contributed by atoms with E-state index in [0.29, 0.717) is 18.4 Å². The van der Waals surface area contributed by atoms with Gasteiger partial charge < -0.3 is 10.4 Å². The Labute approximate surface area is 93.3 Å². The average molecular weight is 223 g/mol. The molecule has 86 valence electrons. The molecule has 0 unspecified atom stereocenters. The number of halogens is 1. The molecule has 1 aromatic carbocycles. The van der Waals surface area contributed by atoms with Crippen molar-refractivity contribution in [1.29, 1.82) is 0 Å². The highest BCUT2D eigenvalue weighted by Gasteiger charge is 2.28. The zero-order valence-corrected chi connectivity index (χ0v) is 8.82. The Kier molecular flexibility index (Phi) is 3.19. The highest BCUT2D eigenvalue weighted by molar-refractivity contribution is 5.79. The summed E-state index contributed by atoms with van der Waals surface area (Å²) in [7, 11) is 0. The molecule has 16 heavy (non-hydrogen) atoms. The highest BCUT2D eigenvalue weighted by atomic mass is 19.1. The van der Waals surface area contributed by atoms with Crippen molar-refractivity contribution in [2.45, 2.75) is 31.4 Å². The minimum atomic E-state index is -0.355. The standard InChI is InChI=1S/C12H14FNO2/c13-11-4-2-1-3-8(11)5-12(16)14-9-6-10(15)7-9/h1-4,9-10,15H,5-7H2,(H,14,16). The van der Waals surface area contributed by atoms with Gasteiger partial charge in [0.2, 0.25) is 5.91 Å². The first kappa shape index (κ1) is 11.1. The third kappa shape index (κ3) is 2.58. The molecule has 0 saturated heterocycles. The van der Waals surface area contributed by atoms with Crippen LogP contribution in [0.2, 0.25) is 0 Å². The molecule has 0 aliphatic heterocycles. The summed E-state index contributed by atoms with van der Waals surface area (Å²) in [5.41, 5.74) is 0.403. The summed E-state index contributed by atoms with van der Waals surface area (Å²) in [6.45, 7) is 0. The molecular formula is C12H14FNO2. The number of nitrogens with one attached hydrogen (secondary N) is 1. The van der Waals surface area contributed by atoms with Crippen LogP contribution < -0.4 is 5.32 Å². The van der Waals surface area contributed by atoms with E-state index in [1.54, 1.807) is 18.2 Å². The van der Waals surface area contributed by atoms with E-state index < -0.39 is 0 Å². The summed E-state index contributed by atoms with van der Waals surface area (Å²) >= 11 is 0. The molecule has 1 saturated carbocycles. The molecule has 0 bridgehead atoms. The first-order valence-corrected chi connectivity index (χ1v) is 5.36. The summed E-state index contributed by atoms with van der Waals surface area (Å²) in [6, 6.07) is 6.30. The van der Waals surface area contributed by atoms with Crippen molar-refractivity contribution < 1.29 is 14.3 Å². The van der Waals surface area contributed by atoms with Crippen LogP contribution >= 0.6 is 0 Å². The topological polar surface area (TPSA) is 49.3 Å². The van der Waals surface area contributed by atoms with Gasteiger partial charge in [-0.3, -0.25) is 4.79 Å². The SMILES string of the molecule is O=C(Cc1ccccc1F)NC1CC(O)C1. The Morgan fingerprint density at radius 2 is 2.12 bits per heavy atom. The second-order valence-electron chi connectivity index (χ2n) is 4.16. The molecule has 0 aromatic heterocycles. The molecule has 1 amide bonds. The van der Waals surface area contributed by atoms with Gasteiger partial charge in [-0.15, -0.1) is 0 Å². The fraction of sp³-hybridized carbons (Fsp3) is 0.417. The monoisotopic (exact) mass is 223 g/mol. The number of aliphatic hydroxyl groups is 1. The predicted molar refractivity (Wildman–Crippen MR) is 57.3 cm³/mol. The molecule has 2 N–H and O–H groups in total. The quantitative estimate of drug-likeness (QED) is 0.803. The Balaban J connectivity index is 1.85. The number of hydrogen-bond donors (Lipinski definition) is 2. The van der Waals surface area contributed by atoms with Gasteiger partial charge in [0.15, 0.2) is 0 Å². The van der Waals surface area contributed by atoms with Gasteiger partial charge in [0.05, 0.1) is 12.5 Å². The van der Waals surface area contributed by atoms with Crippen LogP contribution in [0.25, 0.3) is 0 Å². The summed E-state index contributed by atoms with van der Waals surface area (Å²) in [5, 5.41) is 11.8. The lowest BCUT2D eigenvalue weighted by molar-refractivity contribution is -0.122. The second kappa shape index (κ2) is 4.61. The predicted octanol–water partition coefficient (Wildman–Crippen LogP) is 1.01. The van der Waals surface area contributed by atoms with Gasteiger partial charge in [0.25, 0.3) is 0 Å². The zero-order chi connectivity index (χ0) is 11.5. The fourth-order valence-corrected chi connectivity index (χ4v) is 1.80. The van der Waals surface area contributed by atoms with E-state index in [1.807, 2.05) is 0 Å². The molecular weight excluding hydrogens is 209 g/mol. The van der Waals surface area contributed by atoms with Gasteiger partial charge in [-0.1, -0.05) is 18.2 Å². The van der Waals surface area contributed by atoms with E-state index in [-0.39, 0.29) is 30.3 Å². The molecule has 3 nitrogen and oxygen atoms in total. The van der Waals surface area contributed by atoms with E-state index in [9.17, 15) is 9.18 Å². The van der Waals surface area contributed by atoms with E-state index in [2.05, 4.69) is 5.32 Å². The van der Waals surface area contributed by atoms with Crippen molar-refractivity contribution >= 4 is 5.91 Å². The smallest absolute Gasteiger partial charge is 0.224 e. The average Bonchev–Trinajstić information content (AvgIpc) is 2.19. The van der Waals surface area contributed by atoms with E-state index in [1.165, 1.54) is 6.07 Å². The van der Waals surface area contributed by atoms with Crippen molar-refractivity contribution in [3.8, 4) is 0 Å². The molecule has 0 radical (unpaired) electrons. The highest BCUT2D eigenvalue weighted by Crippen LogP contribution is 2.19. The first-order chi connectivity index (χ1) is 7.65. The third-order valence-corrected chi connectivity index (χ3v) is 2.79. The molecule has 0 spiro atoms. The summed E-state index contributed by atoms with van der Waals surface area (Å²) in [6.07, 6.45) is 0.962. The van der Waals surface area contributed by atoms with Crippen LogP contribution in [0, 0.1) is 5.82 Å². The Morgan fingerprint density at radius 1 is 1.44 bits per heavy atom. The van der Waals surface area contributed by atoms with Gasteiger partial charge in [0, 0.05) is 6.04 Å². The summed E-state index contributed by atoms with van der Waals surface area (Å²) < 4.78 is 13.2. The maximum atomic E-state index is 13.2. The lowest BCUT2D eigenvalue weighted by Crippen LogP contribution is -2.47. The maximum Gasteiger partial charge on any atom is 0.224 e. The molecule has 1 fully saturated rings. The first-order valence-electron chi connectivity index (χ1n) is 5.36. The molecule has 1 aromatic rings. The molecule has 1 aliphatic carbocycles. The van der Waals surface area contributed by atoms with Gasteiger partial charge in [-0.05, 0) is 24.5 Å². The minimum Gasteiger partial charge on any atom is -0.393 e. The van der Waals surface area contributed by atoms with Crippen molar-refractivity contribution in [2.75, 3.05) is 0 Å². The van der Waals surface area contributed by atoms with Crippen LogP contribution in [0.5, 0.6) is 0 Å². The van der Waals surface area contributed by atoms with Crippen LogP contribution in [0.1, 0.15) is 18.4 Å². The number of benzene rings is 1. The van der Waals surface area contributed by atoms with Crippen molar-refractivity contribution in [2.24, 2.45) is 0 Å². The van der Waals surface area contributed by atoms with Gasteiger partial charge >= 0.3 is 0 Å².